The molecule has 0 saturated carbocycles. The van der Waals surface area contributed by atoms with Gasteiger partial charge in [-0.3, -0.25) is 4.79 Å². The van der Waals surface area contributed by atoms with E-state index < -0.39 is 0 Å². The molecule has 0 spiro atoms. The molecule has 0 radical (unpaired) electrons. The fourth-order valence-corrected chi connectivity index (χ4v) is 2.32. The minimum Gasteiger partial charge on any atom is -0.494 e. The van der Waals surface area contributed by atoms with Gasteiger partial charge >= 0.3 is 0 Å². The molecule has 0 bridgehead atoms. The first-order chi connectivity index (χ1) is 9.65. The number of morpholine rings is 1. The van der Waals surface area contributed by atoms with Crippen LogP contribution in [0.25, 0.3) is 0 Å². The molecule has 1 aliphatic rings. The SMILES string of the molecule is Cc1cccc(OCCCC(=O)N2CCOC(C)C2)c1. The second-order valence-electron chi connectivity index (χ2n) is 5.29. The highest BCUT2D eigenvalue weighted by Crippen LogP contribution is 2.13. The summed E-state index contributed by atoms with van der Waals surface area (Å²) in [7, 11) is 0. The minimum absolute atomic E-state index is 0.149. The van der Waals surface area contributed by atoms with Gasteiger partial charge in [0.05, 0.1) is 19.3 Å². The van der Waals surface area contributed by atoms with Gasteiger partial charge in [0.1, 0.15) is 5.75 Å². The van der Waals surface area contributed by atoms with Crippen molar-refractivity contribution in [3.05, 3.63) is 29.8 Å². The van der Waals surface area contributed by atoms with Crippen LogP contribution in [-0.4, -0.2) is 43.2 Å². The Hall–Kier alpha value is -1.55. The number of carbonyl (C=O) groups is 1. The summed E-state index contributed by atoms with van der Waals surface area (Å²) in [6, 6.07) is 7.96. The maximum Gasteiger partial charge on any atom is 0.222 e. The summed E-state index contributed by atoms with van der Waals surface area (Å²) >= 11 is 0. The Morgan fingerprint density at radius 3 is 3.10 bits per heavy atom. The third-order valence-electron chi connectivity index (χ3n) is 3.39. The van der Waals surface area contributed by atoms with E-state index in [0.717, 1.165) is 12.2 Å². The molecule has 2 rings (SSSR count). The van der Waals surface area contributed by atoms with Crippen LogP contribution in [0.15, 0.2) is 24.3 Å². The molecule has 0 N–H and O–H groups in total. The molecule has 1 atom stereocenters. The molecule has 4 heteroatoms. The topological polar surface area (TPSA) is 38.8 Å². The highest BCUT2D eigenvalue weighted by Gasteiger charge is 2.20. The molecular formula is C16H23NO3. The zero-order chi connectivity index (χ0) is 14.4. The summed E-state index contributed by atoms with van der Waals surface area (Å²) in [5, 5.41) is 0. The van der Waals surface area contributed by atoms with Crippen LogP contribution in [0, 0.1) is 6.92 Å². The second-order valence-corrected chi connectivity index (χ2v) is 5.29. The van der Waals surface area contributed by atoms with Gasteiger partial charge in [-0.05, 0) is 38.0 Å². The number of ether oxygens (including phenoxy) is 2. The van der Waals surface area contributed by atoms with Crippen molar-refractivity contribution in [1.29, 1.82) is 0 Å². The number of rotatable bonds is 5. The van der Waals surface area contributed by atoms with Crippen molar-refractivity contribution in [2.24, 2.45) is 0 Å². The van der Waals surface area contributed by atoms with Crippen molar-refractivity contribution in [3.63, 3.8) is 0 Å². The molecule has 1 fully saturated rings. The van der Waals surface area contributed by atoms with E-state index in [1.54, 1.807) is 0 Å². The fraction of sp³-hybridized carbons (Fsp3) is 0.562. The van der Waals surface area contributed by atoms with Crippen molar-refractivity contribution in [2.75, 3.05) is 26.3 Å². The Labute approximate surface area is 120 Å². The smallest absolute Gasteiger partial charge is 0.222 e. The third-order valence-corrected chi connectivity index (χ3v) is 3.39. The van der Waals surface area contributed by atoms with E-state index in [1.807, 2.05) is 43.0 Å². The van der Waals surface area contributed by atoms with Crippen molar-refractivity contribution >= 4 is 5.91 Å². The number of nitrogens with zero attached hydrogens (tertiary/aromatic N) is 1. The van der Waals surface area contributed by atoms with Crippen LogP contribution < -0.4 is 4.74 Å². The van der Waals surface area contributed by atoms with E-state index in [-0.39, 0.29) is 12.0 Å². The molecule has 1 heterocycles. The van der Waals surface area contributed by atoms with Crippen LogP contribution >= 0.6 is 0 Å². The lowest BCUT2D eigenvalue weighted by Gasteiger charge is -2.31. The summed E-state index contributed by atoms with van der Waals surface area (Å²) in [5.41, 5.74) is 1.18. The van der Waals surface area contributed by atoms with Crippen molar-refractivity contribution in [1.82, 2.24) is 4.90 Å². The maximum absolute atomic E-state index is 12.0. The average molecular weight is 277 g/mol. The number of amides is 1. The highest BCUT2D eigenvalue weighted by molar-refractivity contribution is 5.76. The Balaban J connectivity index is 1.66. The standard InChI is InChI=1S/C16H23NO3/c1-13-5-3-6-15(11-13)20-9-4-7-16(18)17-8-10-19-14(2)12-17/h3,5-6,11,14H,4,7-10,12H2,1-2H3. The van der Waals surface area contributed by atoms with E-state index in [9.17, 15) is 4.79 Å². The summed E-state index contributed by atoms with van der Waals surface area (Å²) in [4.78, 5) is 13.9. The number of hydrogen-bond acceptors (Lipinski definition) is 3. The molecule has 1 aromatic carbocycles. The van der Waals surface area contributed by atoms with Gasteiger partial charge in [-0.2, -0.15) is 0 Å². The van der Waals surface area contributed by atoms with Crippen molar-refractivity contribution in [3.8, 4) is 5.75 Å². The fourth-order valence-electron chi connectivity index (χ4n) is 2.32. The predicted octanol–water partition coefficient (Wildman–Crippen LogP) is 2.40. The van der Waals surface area contributed by atoms with E-state index in [1.165, 1.54) is 5.56 Å². The Bertz CT molecular complexity index is 447. The second kappa shape index (κ2) is 7.29. The van der Waals surface area contributed by atoms with Crippen molar-refractivity contribution < 1.29 is 14.3 Å². The van der Waals surface area contributed by atoms with E-state index in [4.69, 9.17) is 9.47 Å². The molecule has 1 amide bonds. The van der Waals surface area contributed by atoms with Crippen LogP contribution in [-0.2, 0) is 9.53 Å². The first-order valence-corrected chi connectivity index (χ1v) is 7.24. The monoisotopic (exact) mass is 277 g/mol. The van der Waals surface area contributed by atoms with Gasteiger partial charge in [-0.15, -0.1) is 0 Å². The number of hydrogen-bond donors (Lipinski definition) is 0. The van der Waals surface area contributed by atoms with Gasteiger partial charge in [-0.1, -0.05) is 12.1 Å². The molecule has 1 unspecified atom stereocenters. The van der Waals surface area contributed by atoms with Crippen LogP contribution in [0.4, 0.5) is 0 Å². The van der Waals surface area contributed by atoms with Crippen LogP contribution in [0.3, 0.4) is 0 Å². The van der Waals surface area contributed by atoms with Crippen LogP contribution in [0.1, 0.15) is 25.3 Å². The van der Waals surface area contributed by atoms with E-state index in [0.29, 0.717) is 32.7 Å². The summed E-state index contributed by atoms with van der Waals surface area (Å²) < 4.78 is 11.1. The van der Waals surface area contributed by atoms with Gasteiger partial charge < -0.3 is 14.4 Å². The number of benzene rings is 1. The van der Waals surface area contributed by atoms with Gasteiger partial charge in [0.25, 0.3) is 0 Å². The average Bonchev–Trinajstić information content (AvgIpc) is 2.43. The maximum atomic E-state index is 12.0. The third kappa shape index (κ3) is 4.53. The number of carbonyl (C=O) groups excluding carboxylic acids is 1. The quantitative estimate of drug-likeness (QED) is 0.776. The summed E-state index contributed by atoms with van der Waals surface area (Å²) in [5.74, 6) is 1.07. The zero-order valence-corrected chi connectivity index (χ0v) is 12.3. The largest absolute Gasteiger partial charge is 0.494 e. The molecule has 1 saturated heterocycles. The minimum atomic E-state index is 0.149. The summed E-state index contributed by atoms with van der Waals surface area (Å²) in [6.45, 7) is 6.68. The van der Waals surface area contributed by atoms with Gasteiger partial charge in [-0.25, -0.2) is 0 Å². The Kier molecular flexibility index (Phi) is 5.41. The molecule has 110 valence electrons. The molecule has 20 heavy (non-hydrogen) atoms. The lowest BCUT2D eigenvalue weighted by molar-refractivity contribution is -0.138. The highest BCUT2D eigenvalue weighted by atomic mass is 16.5. The van der Waals surface area contributed by atoms with Crippen molar-refractivity contribution in [2.45, 2.75) is 32.8 Å². The van der Waals surface area contributed by atoms with E-state index in [2.05, 4.69) is 0 Å². The van der Waals surface area contributed by atoms with Crippen LogP contribution in [0.2, 0.25) is 0 Å². The molecule has 0 aliphatic carbocycles. The normalized spacial score (nSPS) is 18.9. The lowest BCUT2D eigenvalue weighted by Crippen LogP contribution is -2.44. The zero-order valence-electron chi connectivity index (χ0n) is 12.3. The first-order valence-electron chi connectivity index (χ1n) is 7.24. The lowest BCUT2D eigenvalue weighted by atomic mass is 10.2. The molecule has 1 aliphatic heterocycles. The molecule has 1 aromatic rings. The summed E-state index contributed by atoms with van der Waals surface area (Å²) in [6.07, 6.45) is 1.44. The molecule has 4 nitrogen and oxygen atoms in total. The predicted molar refractivity (Wildman–Crippen MR) is 77.9 cm³/mol. The van der Waals surface area contributed by atoms with Gasteiger partial charge in [0, 0.05) is 19.5 Å². The molecular weight excluding hydrogens is 254 g/mol. The van der Waals surface area contributed by atoms with Gasteiger partial charge in [0.2, 0.25) is 5.91 Å². The van der Waals surface area contributed by atoms with E-state index >= 15 is 0 Å². The number of aryl methyl sites for hydroxylation is 1. The first kappa shape index (κ1) is 14.9. The van der Waals surface area contributed by atoms with Gasteiger partial charge in [0.15, 0.2) is 0 Å². The molecule has 0 aromatic heterocycles. The van der Waals surface area contributed by atoms with Crippen LogP contribution in [0.5, 0.6) is 5.75 Å². The Morgan fingerprint density at radius 2 is 2.35 bits per heavy atom. The Morgan fingerprint density at radius 1 is 1.50 bits per heavy atom.